The van der Waals surface area contributed by atoms with Gasteiger partial charge < -0.3 is 10.1 Å². The molecule has 0 aromatic heterocycles. The minimum Gasteiger partial charge on any atom is -0.380 e. The van der Waals surface area contributed by atoms with Gasteiger partial charge in [0.15, 0.2) is 9.84 Å². The van der Waals surface area contributed by atoms with Crippen LogP contribution in [0.15, 0.2) is 0 Å². The maximum Gasteiger partial charge on any atom is 0.154 e. The molecule has 0 aliphatic heterocycles. The second-order valence-corrected chi connectivity index (χ2v) is 7.74. The molecule has 5 heteroatoms. The second kappa shape index (κ2) is 9.72. The summed E-state index contributed by atoms with van der Waals surface area (Å²) in [5, 5.41) is 3.07. The summed E-state index contributed by atoms with van der Waals surface area (Å²) in [6, 6.07) is 0. The molecule has 4 nitrogen and oxygen atoms in total. The van der Waals surface area contributed by atoms with Crippen LogP contribution in [0.2, 0.25) is 0 Å². The molecule has 0 aromatic carbocycles. The molecule has 1 N–H and O–H groups in total. The van der Waals surface area contributed by atoms with E-state index in [1.807, 2.05) is 0 Å². The summed E-state index contributed by atoms with van der Waals surface area (Å²) < 4.78 is 29.6. The normalized spacial score (nSPS) is 17.7. The molecule has 0 radical (unpaired) electrons. The quantitative estimate of drug-likeness (QED) is 0.627. The smallest absolute Gasteiger partial charge is 0.154 e. The number of unbranched alkanes of at least 4 members (excludes halogenated alkanes) is 1. The summed E-state index contributed by atoms with van der Waals surface area (Å²) in [5.74, 6) is 0.270. The van der Waals surface area contributed by atoms with Gasteiger partial charge in [-0.1, -0.05) is 32.6 Å². The highest BCUT2D eigenvalue weighted by molar-refractivity contribution is 7.92. The van der Waals surface area contributed by atoms with E-state index in [1.54, 1.807) is 0 Å². The molecule has 1 rings (SSSR count). The van der Waals surface area contributed by atoms with Crippen molar-refractivity contribution in [3.8, 4) is 0 Å². The van der Waals surface area contributed by atoms with Crippen LogP contribution < -0.4 is 5.32 Å². The first-order valence-corrected chi connectivity index (χ1v) is 9.38. The van der Waals surface area contributed by atoms with E-state index in [-0.39, 0.29) is 11.0 Å². The van der Waals surface area contributed by atoms with Crippen molar-refractivity contribution in [2.45, 2.75) is 57.1 Å². The Labute approximate surface area is 118 Å². The monoisotopic (exact) mass is 291 g/mol. The zero-order chi connectivity index (χ0) is 14.0. The first kappa shape index (κ1) is 16.9. The molecule has 1 aliphatic rings. The summed E-state index contributed by atoms with van der Waals surface area (Å²) in [6.07, 6.45) is 7.30. The van der Waals surface area contributed by atoms with Gasteiger partial charge in [0.05, 0.1) is 17.6 Å². The van der Waals surface area contributed by atoms with Gasteiger partial charge in [-0.2, -0.15) is 0 Å². The Morgan fingerprint density at radius 3 is 2.53 bits per heavy atom. The van der Waals surface area contributed by atoms with Gasteiger partial charge in [-0.05, 0) is 19.3 Å². The molecule has 1 aliphatic carbocycles. The summed E-state index contributed by atoms with van der Waals surface area (Å²) in [7, 11) is -2.89. The third-order valence-corrected chi connectivity index (χ3v) is 5.95. The Hall–Kier alpha value is -0.130. The molecule has 1 saturated carbocycles. The molecule has 1 fully saturated rings. The van der Waals surface area contributed by atoms with Crippen LogP contribution in [0.3, 0.4) is 0 Å². The first-order valence-electron chi connectivity index (χ1n) is 7.67. The fourth-order valence-electron chi connectivity index (χ4n) is 2.42. The standard InChI is InChI=1S/C14H29NO3S/c1-2-3-11-18-12-9-15-10-13-19(16,17)14-7-5-4-6-8-14/h14-15H,2-13H2,1H3. The average molecular weight is 291 g/mol. The summed E-state index contributed by atoms with van der Waals surface area (Å²) >= 11 is 0. The Morgan fingerprint density at radius 1 is 1.11 bits per heavy atom. The summed E-state index contributed by atoms with van der Waals surface area (Å²) in [5.41, 5.74) is 0. The Balaban J connectivity index is 2.04. The highest BCUT2D eigenvalue weighted by atomic mass is 32.2. The number of nitrogens with one attached hydrogen (secondary N) is 1. The van der Waals surface area contributed by atoms with E-state index < -0.39 is 9.84 Å². The van der Waals surface area contributed by atoms with Gasteiger partial charge in [-0.3, -0.25) is 0 Å². The fourth-order valence-corrected chi connectivity index (χ4v) is 4.24. The molecule has 0 atom stereocenters. The van der Waals surface area contributed by atoms with Crippen LogP contribution in [-0.4, -0.2) is 45.7 Å². The van der Waals surface area contributed by atoms with E-state index in [0.29, 0.717) is 13.2 Å². The van der Waals surface area contributed by atoms with E-state index in [0.717, 1.165) is 51.7 Å². The summed E-state index contributed by atoms with van der Waals surface area (Å²) in [4.78, 5) is 0. The minimum absolute atomic E-state index is 0.0798. The Morgan fingerprint density at radius 2 is 1.84 bits per heavy atom. The maximum absolute atomic E-state index is 12.1. The zero-order valence-corrected chi connectivity index (χ0v) is 13.0. The lowest BCUT2D eigenvalue weighted by Crippen LogP contribution is -2.32. The van der Waals surface area contributed by atoms with E-state index in [2.05, 4.69) is 12.2 Å². The molecule has 114 valence electrons. The number of hydrogen-bond acceptors (Lipinski definition) is 4. The molecule has 0 unspecified atom stereocenters. The number of ether oxygens (including phenoxy) is 1. The summed E-state index contributed by atoms with van der Waals surface area (Å²) in [6.45, 7) is 4.90. The first-order chi connectivity index (χ1) is 9.17. The van der Waals surface area contributed by atoms with Crippen molar-refractivity contribution in [2.75, 3.05) is 32.1 Å². The topological polar surface area (TPSA) is 55.4 Å². The molecule has 0 spiro atoms. The molecule has 19 heavy (non-hydrogen) atoms. The van der Waals surface area contributed by atoms with Crippen molar-refractivity contribution in [3.05, 3.63) is 0 Å². The Bertz CT molecular complexity index is 311. The largest absolute Gasteiger partial charge is 0.380 e. The minimum atomic E-state index is -2.89. The van der Waals surface area contributed by atoms with Gasteiger partial charge in [-0.15, -0.1) is 0 Å². The zero-order valence-electron chi connectivity index (χ0n) is 12.2. The van der Waals surface area contributed by atoms with Crippen LogP contribution in [0, 0.1) is 0 Å². The molecular formula is C14H29NO3S. The predicted molar refractivity (Wildman–Crippen MR) is 79.3 cm³/mol. The highest BCUT2D eigenvalue weighted by Gasteiger charge is 2.26. The van der Waals surface area contributed by atoms with Crippen molar-refractivity contribution in [3.63, 3.8) is 0 Å². The lowest BCUT2D eigenvalue weighted by molar-refractivity contribution is 0.133. The maximum atomic E-state index is 12.1. The van der Waals surface area contributed by atoms with Crippen LogP contribution in [0.4, 0.5) is 0 Å². The third-order valence-electron chi connectivity index (χ3n) is 3.69. The highest BCUT2D eigenvalue weighted by Crippen LogP contribution is 2.23. The van der Waals surface area contributed by atoms with Crippen LogP contribution in [0.1, 0.15) is 51.9 Å². The Kier molecular flexibility index (Phi) is 8.66. The van der Waals surface area contributed by atoms with E-state index >= 15 is 0 Å². The van der Waals surface area contributed by atoms with Gasteiger partial charge in [0.2, 0.25) is 0 Å². The van der Waals surface area contributed by atoms with Crippen molar-refractivity contribution in [1.82, 2.24) is 5.32 Å². The molecule has 0 aromatic rings. The molecule has 0 saturated heterocycles. The van der Waals surface area contributed by atoms with Gasteiger partial charge in [0, 0.05) is 19.7 Å². The number of rotatable bonds is 10. The van der Waals surface area contributed by atoms with Crippen molar-refractivity contribution in [2.24, 2.45) is 0 Å². The van der Waals surface area contributed by atoms with Crippen LogP contribution >= 0.6 is 0 Å². The lowest BCUT2D eigenvalue weighted by Gasteiger charge is -2.21. The van der Waals surface area contributed by atoms with E-state index in [1.165, 1.54) is 6.42 Å². The average Bonchev–Trinajstić information content (AvgIpc) is 2.43. The van der Waals surface area contributed by atoms with Crippen molar-refractivity contribution in [1.29, 1.82) is 0 Å². The van der Waals surface area contributed by atoms with E-state index in [9.17, 15) is 8.42 Å². The second-order valence-electron chi connectivity index (χ2n) is 5.34. The van der Waals surface area contributed by atoms with Crippen molar-refractivity contribution >= 4 is 9.84 Å². The van der Waals surface area contributed by atoms with Crippen molar-refractivity contribution < 1.29 is 13.2 Å². The lowest BCUT2D eigenvalue weighted by atomic mass is 10.0. The van der Waals surface area contributed by atoms with Gasteiger partial charge in [-0.25, -0.2) is 8.42 Å². The fraction of sp³-hybridized carbons (Fsp3) is 1.00. The van der Waals surface area contributed by atoms with Gasteiger partial charge >= 0.3 is 0 Å². The number of hydrogen-bond donors (Lipinski definition) is 1. The van der Waals surface area contributed by atoms with E-state index in [4.69, 9.17) is 4.74 Å². The molecule has 0 heterocycles. The van der Waals surface area contributed by atoms with Crippen LogP contribution in [-0.2, 0) is 14.6 Å². The third kappa shape index (κ3) is 7.28. The van der Waals surface area contributed by atoms with Gasteiger partial charge in [0.25, 0.3) is 0 Å². The van der Waals surface area contributed by atoms with Gasteiger partial charge in [0.1, 0.15) is 0 Å². The molecule has 0 amide bonds. The number of sulfone groups is 1. The molecular weight excluding hydrogens is 262 g/mol. The van der Waals surface area contributed by atoms with Crippen LogP contribution in [0.5, 0.6) is 0 Å². The van der Waals surface area contributed by atoms with Crippen LogP contribution in [0.25, 0.3) is 0 Å². The SMILES string of the molecule is CCCCOCCNCCS(=O)(=O)C1CCCCC1. The molecule has 0 bridgehead atoms. The predicted octanol–water partition coefficient (Wildman–Crippen LogP) is 2.14.